The van der Waals surface area contributed by atoms with Crippen LogP contribution in [0.5, 0.6) is 5.75 Å². The van der Waals surface area contributed by atoms with Crippen molar-refractivity contribution in [2.24, 2.45) is 5.92 Å². The number of hydrogen-bond acceptors (Lipinski definition) is 2. The number of nitrogens with one attached hydrogen (secondary N) is 1. The largest absolute Gasteiger partial charge is 0.497 e. The van der Waals surface area contributed by atoms with E-state index < -0.39 is 0 Å². The Kier molecular flexibility index (Phi) is 5.94. The maximum absolute atomic E-state index is 5.19. The second-order valence-electron chi connectivity index (χ2n) is 4.53. The second kappa shape index (κ2) is 7.29. The van der Waals surface area contributed by atoms with E-state index in [1.165, 1.54) is 12.0 Å². The summed E-state index contributed by atoms with van der Waals surface area (Å²) in [4.78, 5) is 0. The fourth-order valence-electron chi connectivity index (χ4n) is 1.58. The summed E-state index contributed by atoms with van der Waals surface area (Å²) < 4.78 is 5.19. The van der Waals surface area contributed by atoms with Crippen molar-refractivity contribution in [3.63, 3.8) is 0 Å². The minimum atomic E-state index is 0.782. The Morgan fingerprint density at radius 3 is 2.75 bits per heavy atom. The zero-order valence-corrected chi connectivity index (χ0v) is 10.6. The van der Waals surface area contributed by atoms with Crippen molar-refractivity contribution in [1.82, 2.24) is 5.32 Å². The van der Waals surface area contributed by atoms with Crippen molar-refractivity contribution < 1.29 is 4.74 Å². The van der Waals surface area contributed by atoms with E-state index in [1.807, 2.05) is 12.1 Å². The topological polar surface area (TPSA) is 21.3 Å². The van der Waals surface area contributed by atoms with Gasteiger partial charge in [0.2, 0.25) is 0 Å². The zero-order chi connectivity index (χ0) is 11.8. The van der Waals surface area contributed by atoms with Crippen molar-refractivity contribution in [1.29, 1.82) is 0 Å². The molecule has 0 unspecified atom stereocenters. The number of benzene rings is 1. The third-order valence-electron chi connectivity index (χ3n) is 2.62. The molecule has 0 aliphatic heterocycles. The van der Waals surface area contributed by atoms with Crippen LogP contribution in [0, 0.1) is 5.92 Å². The minimum absolute atomic E-state index is 0.782. The van der Waals surface area contributed by atoms with E-state index in [0.717, 1.165) is 31.2 Å². The SMILES string of the molecule is COc1cccc(CCNCCC(C)C)c1. The molecule has 0 aliphatic rings. The fourth-order valence-corrected chi connectivity index (χ4v) is 1.58. The van der Waals surface area contributed by atoms with Crippen molar-refractivity contribution in [3.8, 4) is 5.75 Å². The molecule has 0 heterocycles. The smallest absolute Gasteiger partial charge is 0.119 e. The van der Waals surface area contributed by atoms with E-state index in [2.05, 4.69) is 31.3 Å². The zero-order valence-electron chi connectivity index (χ0n) is 10.6. The van der Waals surface area contributed by atoms with Crippen LogP contribution in [0.4, 0.5) is 0 Å². The molecular formula is C14H23NO. The maximum atomic E-state index is 5.19. The third kappa shape index (κ3) is 5.17. The summed E-state index contributed by atoms with van der Waals surface area (Å²) in [6, 6.07) is 8.27. The summed E-state index contributed by atoms with van der Waals surface area (Å²) in [6.07, 6.45) is 2.31. The first-order valence-electron chi connectivity index (χ1n) is 6.06. The lowest BCUT2D eigenvalue weighted by Gasteiger charge is -2.07. The molecular weight excluding hydrogens is 198 g/mol. The Morgan fingerprint density at radius 1 is 1.25 bits per heavy atom. The molecule has 1 aromatic carbocycles. The van der Waals surface area contributed by atoms with Gasteiger partial charge in [-0.15, -0.1) is 0 Å². The Morgan fingerprint density at radius 2 is 2.06 bits per heavy atom. The molecule has 16 heavy (non-hydrogen) atoms. The monoisotopic (exact) mass is 221 g/mol. The first kappa shape index (κ1) is 13.0. The summed E-state index contributed by atoms with van der Waals surface area (Å²) in [5.74, 6) is 1.73. The summed E-state index contributed by atoms with van der Waals surface area (Å²) in [6.45, 7) is 6.66. The lowest BCUT2D eigenvalue weighted by Crippen LogP contribution is -2.19. The maximum Gasteiger partial charge on any atom is 0.119 e. The van der Waals surface area contributed by atoms with Crippen LogP contribution in [0.25, 0.3) is 0 Å². The highest BCUT2D eigenvalue weighted by atomic mass is 16.5. The number of ether oxygens (including phenoxy) is 1. The summed E-state index contributed by atoms with van der Waals surface area (Å²) >= 11 is 0. The molecule has 90 valence electrons. The van der Waals surface area contributed by atoms with E-state index >= 15 is 0 Å². The Labute approximate surface area is 99.0 Å². The van der Waals surface area contributed by atoms with Gasteiger partial charge in [0, 0.05) is 0 Å². The summed E-state index contributed by atoms with van der Waals surface area (Å²) in [5, 5.41) is 3.46. The van der Waals surface area contributed by atoms with Gasteiger partial charge >= 0.3 is 0 Å². The van der Waals surface area contributed by atoms with Gasteiger partial charge in [0.1, 0.15) is 5.75 Å². The van der Waals surface area contributed by atoms with Crippen molar-refractivity contribution in [2.45, 2.75) is 26.7 Å². The molecule has 2 heteroatoms. The van der Waals surface area contributed by atoms with E-state index in [0.29, 0.717) is 0 Å². The molecule has 1 aromatic rings. The highest BCUT2D eigenvalue weighted by molar-refractivity contribution is 5.28. The van der Waals surface area contributed by atoms with Crippen molar-refractivity contribution >= 4 is 0 Å². The molecule has 1 rings (SSSR count). The predicted molar refractivity (Wildman–Crippen MR) is 69.0 cm³/mol. The molecule has 0 radical (unpaired) electrons. The average Bonchev–Trinajstić information content (AvgIpc) is 2.28. The lowest BCUT2D eigenvalue weighted by molar-refractivity contribution is 0.414. The predicted octanol–water partition coefficient (Wildman–Crippen LogP) is 2.87. The van der Waals surface area contributed by atoms with Crippen LogP contribution < -0.4 is 10.1 Å². The summed E-state index contributed by atoms with van der Waals surface area (Å²) in [7, 11) is 1.71. The Balaban J connectivity index is 2.21. The standard InChI is InChI=1S/C14H23NO/c1-12(2)7-9-15-10-8-13-5-4-6-14(11-13)16-3/h4-6,11-12,15H,7-10H2,1-3H3. The molecule has 0 aliphatic carbocycles. The van der Waals surface area contributed by atoms with E-state index in [1.54, 1.807) is 7.11 Å². The van der Waals surface area contributed by atoms with Crippen LogP contribution in [0.15, 0.2) is 24.3 Å². The number of rotatable bonds is 7. The van der Waals surface area contributed by atoms with Crippen LogP contribution in [-0.2, 0) is 6.42 Å². The fraction of sp³-hybridized carbons (Fsp3) is 0.571. The molecule has 0 spiro atoms. The van der Waals surface area contributed by atoms with Gasteiger partial charge in [-0.1, -0.05) is 26.0 Å². The van der Waals surface area contributed by atoms with Crippen LogP contribution in [0.3, 0.4) is 0 Å². The highest BCUT2D eigenvalue weighted by Gasteiger charge is 1.96. The first-order valence-corrected chi connectivity index (χ1v) is 6.06. The van der Waals surface area contributed by atoms with E-state index in [4.69, 9.17) is 4.74 Å². The van der Waals surface area contributed by atoms with Crippen LogP contribution in [-0.4, -0.2) is 20.2 Å². The minimum Gasteiger partial charge on any atom is -0.497 e. The van der Waals surface area contributed by atoms with Gasteiger partial charge < -0.3 is 10.1 Å². The molecule has 2 nitrogen and oxygen atoms in total. The van der Waals surface area contributed by atoms with Gasteiger partial charge in [-0.05, 0) is 49.5 Å². The Bertz CT molecular complexity index is 297. The molecule has 0 aromatic heterocycles. The molecule has 1 N–H and O–H groups in total. The molecule has 0 atom stereocenters. The van der Waals surface area contributed by atoms with Gasteiger partial charge in [-0.25, -0.2) is 0 Å². The molecule has 0 amide bonds. The molecule has 0 saturated carbocycles. The van der Waals surface area contributed by atoms with Gasteiger partial charge in [-0.3, -0.25) is 0 Å². The highest BCUT2D eigenvalue weighted by Crippen LogP contribution is 2.12. The quantitative estimate of drug-likeness (QED) is 0.715. The van der Waals surface area contributed by atoms with Gasteiger partial charge in [0.25, 0.3) is 0 Å². The van der Waals surface area contributed by atoms with Gasteiger partial charge in [0.05, 0.1) is 7.11 Å². The van der Waals surface area contributed by atoms with E-state index in [-0.39, 0.29) is 0 Å². The third-order valence-corrected chi connectivity index (χ3v) is 2.62. The van der Waals surface area contributed by atoms with E-state index in [9.17, 15) is 0 Å². The first-order chi connectivity index (χ1) is 7.72. The van der Waals surface area contributed by atoms with Crippen LogP contribution >= 0.6 is 0 Å². The normalized spacial score (nSPS) is 10.8. The lowest BCUT2D eigenvalue weighted by atomic mass is 10.1. The van der Waals surface area contributed by atoms with Gasteiger partial charge in [0.15, 0.2) is 0 Å². The van der Waals surface area contributed by atoms with Crippen molar-refractivity contribution in [2.75, 3.05) is 20.2 Å². The molecule has 0 fully saturated rings. The second-order valence-corrected chi connectivity index (χ2v) is 4.53. The molecule has 0 saturated heterocycles. The average molecular weight is 221 g/mol. The van der Waals surface area contributed by atoms with Crippen LogP contribution in [0.2, 0.25) is 0 Å². The van der Waals surface area contributed by atoms with Crippen LogP contribution in [0.1, 0.15) is 25.8 Å². The summed E-state index contributed by atoms with van der Waals surface area (Å²) in [5.41, 5.74) is 1.33. The van der Waals surface area contributed by atoms with Crippen molar-refractivity contribution in [3.05, 3.63) is 29.8 Å². The number of methoxy groups -OCH3 is 1. The molecule has 0 bridgehead atoms. The van der Waals surface area contributed by atoms with Gasteiger partial charge in [-0.2, -0.15) is 0 Å². The Hall–Kier alpha value is -1.02. The number of hydrogen-bond donors (Lipinski definition) is 1.